The predicted octanol–water partition coefficient (Wildman–Crippen LogP) is 1.25. The van der Waals surface area contributed by atoms with Crippen molar-refractivity contribution in [3.8, 4) is 11.8 Å². The molecule has 0 aromatic heterocycles. The lowest BCUT2D eigenvalue weighted by atomic mass is 9.97. The number of carbonyl (C=O) groups excluding carboxylic acids is 1. The number of hydrogen-bond acceptors (Lipinski definition) is 2. The van der Waals surface area contributed by atoms with Gasteiger partial charge in [-0.15, -0.1) is 0 Å². The van der Waals surface area contributed by atoms with Crippen molar-refractivity contribution < 1.29 is 4.79 Å². The van der Waals surface area contributed by atoms with Crippen LogP contribution in [0.25, 0.3) is 0 Å². The van der Waals surface area contributed by atoms with Gasteiger partial charge in [-0.2, -0.15) is 0 Å². The fourth-order valence-corrected chi connectivity index (χ4v) is 2.00. The van der Waals surface area contributed by atoms with E-state index in [1.807, 2.05) is 4.90 Å². The summed E-state index contributed by atoms with van der Waals surface area (Å²) in [5.41, 5.74) is 0. The van der Waals surface area contributed by atoms with E-state index in [1.54, 1.807) is 6.92 Å². The molecule has 0 aliphatic carbocycles. The lowest BCUT2D eigenvalue weighted by molar-refractivity contribution is -0.126. The molecule has 0 aromatic carbocycles. The summed E-state index contributed by atoms with van der Waals surface area (Å²) in [5.74, 6) is 5.86. The molecule has 1 N–H and O–H groups in total. The SMILES string of the molecule is CC#CC(=O)N1CCCC(CNC(C)C)C1. The van der Waals surface area contributed by atoms with Gasteiger partial charge in [-0.25, -0.2) is 0 Å². The number of nitrogens with one attached hydrogen (secondary N) is 1. The number of amides is 1. The summed E-state index contributed by atoms with van der Waals surface area (Å²) in [4.78, 5) is 13.5. The van der Waals surface area contributed by atoms with Gasteiger partial charge in [-0.3, -0.25) is 4.79 Å². The highest BCUT2D eigenvalue weighted by Crippen LogP contribution is 2.15. The zero-order valence-electron chi connectivity index (χ0n) is 10.5. The second kappa shape index (κ2) is 6.55. The highest BCUT2D eigenvalue weighted by molar-refractivity contribution is 5.93. The molecule has 1 unspecified atom stereocenters. The van der Waals surface area contributed by atoms with Gasteiger partial charge in [0, 0.05) is 19.1 Å². The second-order valence-corrected chi connectivity index (χ2v) is 4.70. The molecule has 0 radical (unpaired) electrons. The third-order valence-electron chi connectivity index (χ3n) is 2.85. The van der Waals surface area contributed by atoms with Crippen LogP contribution in [0, 0.1) is 17.8 Å². The van der Waals surface area contributed by atoms with Crippen LogP contribution in [-0.2, 0) is 4.79 Å². The van der Waals surface area contributed by atoms with E-state index in [2.05, 4.69) is 31.0 Å². The second-order valence-electron chi connectivity index (χ2n) is 4.70. The van der Waals surface area contributed by atoms with Gasteiger partial charge in [0.05, 0.1) is 0 Å². The zero-order chi connectivity index (χ0) is 12.0. The molecule has 1 rings (SSSR count). The number of nitrogens with zero attached hydrogens (tertiary/aromatic N) is 1. The average Bonchev–Trinajstić information content (AvgIpc) is 2.27. The Labute approximate surface area is 98.6 Å². The summed E-state index contributed by atoms with van der Waals surface area (Å²) in [7, 11) is 0. The molecule has 0 saturated carbocycles. The molecule has 0 bridgehead atoms. The number of rotatable bonds is 3. The van der Waals surface area contributed by atoms with Crippen molar-refractivity contribution in [3.05, 3.63) is 0 Å². The van der Waals surface area contributed by atoms with Crippen LogP contribution in [-0.4, -0.2) is 36.5 Å². The van der Waals surface area contributed by atoms with E-state index < -0.39 is 0 Å². The van der Waals surface area contributed by atoms with Gasteiger partial charge in [0.2, 0.25) is 0 Å². The number of piperidine rings is 1. The molecule has 1 amide bonds. The largest absolute Gasteiger partial charge is 0.332 e. The quantitative estimate of drug-likeness (QED) is 0.729. The van der Waals surface area contributed by atoms with E-state index in [0.29, 0.717) is 12.0 Å². The van der Waals surface area contributed by atoms with Crippen molar-refractivity contribution in [1.29, 1.82) is 0 Å². The van der Waals surface area contributed by atoms with E-state index in [4.69, 9.17) is 0 Å². The molecule has 1 aliphatic rings. The Morgan fingerprint density at radius 2 is 2.31 bits per heavy atom. The first-order valence-corrected chi connectivity index (χ1v) is 6.08. The van der Waals surface area contributed by atoms with Gasteiger partial charge in [0.15, 0.2) is 0 Å². The van der Waals surface area contributed by atoms with Crippen LogP contribution in [0.2, 0.25) is 0 Å². The van der Waals surface area contributed by atoms with Crippen LogP contribution in [0.4, 0.5) is 0 Å². The minimum atomic E-state index is -0.0169. The summed E-state index contributed by atoms with van der Waals surface area (Å²) in [6, 6.07) is 0.515. The normalized spacial score (nSPS) is 20.5. The highest BCUT2D eigenvalue weighted by Gasteiger charge is 2.22. The molecule has 16 heavy (non-hydrogen) atoms. The summed E-state index contributed by atoms with van der Waals surface area (Å²) in [6.45, 7) is 8.72. The Balaban J connectivity index is 2.40. The lowest BCUT2D eigenvalue weighted by Crippen LogP contribution is -2.43. The smallest absolute Gasteiger partial charge is 0.298 e. The molecule has 1 heterocycles. The van der Waals surface area contributed by atoms with Crippen LogP contribution in [0.3, 0.4) is 0 Å². The van der Waals surface area contributed by atoms with Gasteiger partial charge in [0.25, 0.3) is 5.91 Å². The molecule has 1 saturated heterocycles. The topological polar surface area (TPSA) is 32.3 Å². The maximum atomic E-state index is 11.6. The molecule has 0 aromatic rings. The van der Waals surface area contributed by atoms with Crippen molar-refractivity contribution in [1.82, 2.24) is 10.2 Å². The van der Waals surface area contributed by atoms with Crippen molar-refractivity contribution in [2.75, 3.05) is 19.6 Å². The first-order valence-electron chi connectivity index (χ1n) is 6.08. The molecule has 0 spiro atoms. The molecular weight excluding hydrogens is 200 g/mol. The third kappa shape index (κ3) is 4.24. The minimum Gasteiger partial charge on any atom is -0.332 e. The summed E-state index contributed by atoms with van der Waals surface area (Å²) in [5, 5.41) is 3.43. The fraction of sp³-hybridized carbons (Fsp3) is 0.769. The molecule has 1 aliphatic heterocycles. The molecule has 1 fully saturated rings. The third-order valence-corrected chi connectivity index (χ3v) is 2.85. The van der Waals surface area contributed by atoms with E-state index in [0.717, 1.165) is 26.1 Å². The standard InChI is InChI=1S/C13H22N2O/c1-4-6-13(16)15-8-5-7-12(10-15)9-14-11(2)3/h11-12,14H,5,7-10H2,1-3H3. The van der Waals surface area contributed by atoms with E-state index >= 15 is 0 Å². The minimum absolute atomic E-state index is 0.0169. The van der Waals surface area contributed by atoms with Crippen LogP contribution in [0.15, 0.2) is 0 Å². The number of hydrogen-bond donors (Lipinski definition) is 1. The first-order chi connectivity index (χ1) is 7.63. The molecule has 3 nitrogen and oxygen atoms in total. The van der Waals surface area contributed by atoms with Crippen LogP contribution in [0.1, 0.15) is 33.6 Å². The Morgan fingerprint density at radius 3 is 2.94 bits per heavy atom. The van der Waals surface area contributed by atoms with Gasteiger partial charge in [0.1, 0.15) is 0 Å². The van der Waals surface area contributed by atoms with Crippen molar-refractivity contribution >= 4 is 5.91 Å². The molecule has 90 valence electrons. The van der Waals surface area contributed by atoms with Gasteiger partial charge in [-0.05, 0) is 38.1 Å². The van der Waals surface area contributed by atoms with Crippen LogP contribution >= 0.6 is 0 Å². The van der Waals surface area contributed by atoms with E-state index in [9.17, 15) is 4.79 Å². The Kier molecular flexibility index (Phi) is 5.34. The molecule has 1 atom stereocenters. The van der Waals surface area contributed by atoms with Crippen molar-refractivity contribution in [3.63, 3.8) is 0 Å². The number of likely N-dealkylation sites (tertiary alicyclic amines) is 1. The maximum absolute atomic E-state index is 11.6. The van der Waals surface area contributed by atoms with E-state index in [-0.39, 0.29) is 5.91 Å². The van der Waals surface area contributed by atoms with Gasteiger partial charge >= 0.3 is 0 Å². The van der Waals surface area contributed by atoms with Crippen LogP contribution < -0.4 is 5.32 Å². The van der Waals surface area contributed by atoms with Crippen molar-refractivity contribution in [2.24, 2.45) is 5.92 Å². The Bertz CT molecular complexity index is 288. The lowest BCUT2D eigenvalue weighted by Gasteiger charge is -2.32. The Hall–Kier alpha value is -1.01. The summed E-state index contributed by atoms with van der Waals surface area (Å²) >= 11 is 0. The fourth-order valence-electron chi connectivity index (χ4n) is 2.00. The van der Waals surface area contributed by atoms with Gasteiger partial charge < -0.3 is 10.2 Å². The maximum Gasteiger partial charge on any atom is 0.298 e. The average molecular weight is 222 g/mol. The predicted molar refractivity (Wildman–Crippen MR) is 65.9 cm³/mol. The highest BCUT2D eigenvalue weighted by atomic mass is 16.2. The monoisotopic (exact) mass is 222 g/mol. The molecule has 3 heteroatoms. The molecular formula is C13H22N2O. The first kappa shape index (κ1) is 13.1. The van der Waals surface area contributed by atoms with E-state index in [1.165, 1.54) is 6.42 Å². The van der Waals surface area contributed by atoms with Crippen molar-refractivity contribution in [2.45, 2.75) is 39.7 Å². The Morgan fingerprint density at radius 1 is 1.56 bits per heavy atom. The zero-order valence-corrected chi connectivity index (χ0v) is 10.5. The summed E-state index contributed by atoms with van der Waals surface area (Å²) < 4.78 is 0. The van der Waals surface area contributed by atoms with Gasteiger partial charge in [-0.1, -0.05) is 19.8 Å². The number of carbonyl (C=O) groups is 1. The van der Waals surface area contributed by atoms with Crippen LogP contribution in [0.5, 0.6) is 0 Å². The summed E-state index contributed by atoms with van der Waals surface area (Å²) in [6.07, 6.45) is 2.31.